The number of benzene rings is 1. The molecular weight excluding hydrogens is 244 g/mol. The summed E-state index contributed by atoms with van der Waals surface area (Å²) in [7, 11) is 0. The fourth-order valence-corrected chi connectivity index (χ4v) is 2.08. The maximum Gasteiger partial charge on any atom is 0.303 e. The van der Waals surface area contributed by atoms with E-state index < -0.39 is 23.6 Å². The maximum atomic E-state index is 13.7. The average Bonchev–Trinajstić information content (AvgIpc) is 2.75. The van der Waals surface area contributed by atoms with Gasteiger partial charge in [0.05, 0.1) is 6.61 Å². The summed E-state index contributed by atoms with van der Waals surface area (Å²) >= 11 is 0. The van der Waals surface area contributed by atoms with Crippen molar-refractivity contribution in [2.45, 2.75) is 25.3 Å². The minimum absolute atomic E-state index is 0.0742. The van der Waals surface area contributed by atoms with E-state index in [2.05, 4.69) is 0 Å². The van der Waals surface area contributed by atoms with Gasteiger partial charge in [-0.05, 0) is 6.42 Å². The van der Waals surface area contributed by atoms with Gasteiger partial charge in [0.1, 0.15) is 17.4 Å². The Kier molecular flexibility index (Phi) is 3.47. The standard InChI is InChI=1S/C12H13F2NO3/c13-7-5-8(14)11(9(15)1-2-10(16)17)12-6(7)3-4-18-12/h5,9H,1-4,15H2,(H,16,17). The predicted molar refractivity (Wildman–Crippen MR) is 59.4 cm³/mol. The lowest BCUT2D eigenvalue weighted by atomic mass is 9.98. The van der Waals surface area contributed by atoms with E-state index in [1.54, 1.807) is 0 Å². The van der Waals surface area contributed by atoms with Crippen LogP contribution in [0.3, 0.4) is 0 Å². The van der Waals surface area contributed by atoms with Crippen molar-refractivity contribution in [2.75, 3.05) is 6.61 Å². The summed E-state index contributed by atoms with van der Waals surface area (Å²) < 4.78 is 32.4. The Bertz CT molecular complexity index is 491. The van der Waals surface area contributed by atoms with E-state index >= 15 is 0 Å². The van der Waals surface area contributed by atoms with Crippen molar-refractivity contribution in [3.05, 3.63) is 28.8 Å². The summed E-state index contributed by atoms with van der Waals surface area (Å²) in [5.74, 6) is -2.30. The van der Waals surface area contributed by atoms with E-state index in [0.717, 1.165) is 6.07 Å². The van der Waals surface area contributed by atoms with Crippen LogP contribution in [0.5, 0.6) is 5.75 Å². The minimum atomic E-state index is -1.01. The molecule has 0 bridgehead atoms. The van der Waals surface area contributed by atoms with Crippen molar-refractivity contribution in [3.8, 4) is 5.75 Å². The van der Waals surface area contributed by atoms with E-state index in [0.29, 0.717) is 12.0 Å². The van der Waals surface area contributed by atoms with Crippen molar-refractivity contribution in [2.24, 2.45) is 5.73 Å². The summed E-state index contributed by atoms with van der Waals surface area (Å²) in [4.78, 5) is 10.5. The van der Waals surface area contributed by atoms with Crippen molar-refractivity contribution in [1.29, 1.82) is 0 Å². The average molecular weight is 257 g/mol. The Hall–Kier alpha value is -1.69. The lowest BCUT2D eigenvalue weighted by Gasteiger charge is -2.16. The Morgan fingerprint density at radius 3 is 2.89 bits per heavy atom. The first-order valence-corrected chi connectivity index (χ1v) is 5.61. The number of halogens is 2. The number of aliphatic carboxylic acids is 1. The van der Waals surface area contributed by atoms with Gasteiger partial charge in [-0.25, -0.2) is 8.78 Å². The van der Waals surface area contributed by atoms with Crippen LogP contribution in [0.25, 0.3) is 0 Å². The summed E-state index contributed by atoms with van der Waals surface area (Å²) in [5.41, 5.74) is 6.15. The summed E-state index contributed by atoms with van der Waals surface area (Å²) in [5, 5.41) is 8.58. The number of carboxylic acids is 1. The molecule has 0 fully saturated rings. The highest BCUT2D eigenvalue weighted by molar-refractivity contribution is 5.66. The molecule has 0 amide bonds. The first kappa shape index (κ1) is 12.8. The predicted octanol–water partition coefficient (Wildman–Crippen LogP) is 1.76. The van der Waals surface area contributed by atoms with Crippen LogP contribution in [0.1, 0.15) is 30.0 Å². The third kappa shape index (κ3) is 2.28. The number of hydrogen-bond donors (Lipinski definition) is 2. The molecule has 0 radical (unpaired) electrons. The van der Waals surface area contributed by atoms with Gasteiger partial charge in [-0.1, -0.05) is 0 Å². The van der Waals surface area contributed by atoms with Crippen LogP contribution in [-0.4, -0.2) is 17.7 Å². The molecule has 0 saturated heterocycles. The summed E-state index contributed by atoms with van der Waals surface area (Å²) in [6.45, 7) is 0.286. The minimum Gasteiger partial charge on any atom is -0.492 e. The van der Waals surface area contributed by atoms with Crippen LogP contribution in [-0.2, 0) is 11.2 Å². The van der Waals surface area contributed by atoms with Gasteiger partial charge < -0.3 is 15.6 Å². The number of rotatable bonds is 4. The van der Waals surface area contributed by atoms with Gasteiger partial charge in [0, 0.05) is 36.1 Å². The molecule has 0 saturated carbocycles. The molecule has 98 valence electrons. The summed E-state index contributed by atoms with van der Waals surface area (Å²) in [6.07, 6.45) is 0.278. The third-order valence-corrected chi connectivity index (χ3v) is 2.96. The molecule has 18 heavy (non-hydrogen) atoms. The van der Waals surface area contributed by atoms with Crippen LogP contribution in [0.2, 0.25) is 0 Å². The van der Waals surface area contributed by atoms with E-state index in [1.807, 2.05) is 0 Å². The molecule has 1 heterocycles. The molecule has 1 atom stereocenters. The molecule has 1 aromatic carbocycles. The second kappa shape index (κ2) is 4.89. The van der Waals surface area contributed by atoms with Gasteiger partial charge in [0.25, 0.3) is 0 Å². The second-order valence-electron chi connectivity index (χ2n) is 4.20. The zero-order valence-electron chi connectivity index (χ0n) is 9.58. The zero-order valence-corrected chi connectivity index (χ0v) is 9.58. The Morgan fingerprint density at radius 2 is 2.22 bits per heavy atom. The van der Waals surface area contributed by atoms with Crippen molar-refractivity contribution in [3.63, 3.8) is 0 Å². The highest BCUT2D eigenvalue weighted by atomic mass is 19.1. The normalized spacial score (nSPS) is 15.1. The Labute approximate surface area is 102 Å². The number of carboxylic acid groups (broad SMARTS) is 1. The van der Waals surface area contributed by atoms with Crippen LogP contribution in [0, 0.1) is 11.6 Å². The quantitative estimate of drug-likeness (QED) is 0.862. The lowest BCUT2D eigenvalue weighted by Crippen LogP contribution is -2.15. The van der Waals surface area contributed by atoms with Gasteiger partial charge in [0.2, 0.25) is 0 Å². The first-order valence-electron chi connectivity index (χ1n) is 5.61. The number of ether oxygens (including phenoxy) is 1. The SMILES string of the molecule is NC(CCC(=O)O)c1c(F)cc(F)c2c1OCC2. The molecule has 4 nitrogen and oxygen atoms in total. The topological polar surface area (TPSA) is 72.6 Å². The highest BCUT2D eigenvalue weighted by Crippen LogP contribution is 2.37. The third-order valence-electron chi connectivity index (χ3n) is 2.96. The van der Waals surface area contributed by atoms with Gasteiger partial charge in [-0.15, -0.1) is 0 Å². The molecule has 1 aliphatic heterocycles. The molecule has 0 spiro atoms. The van der Waals surface area contributed by atoms with Crippen LogP contribution in [0.4, 0.5) is 8.78 Å². The molecule has 3 N–H and O–H groups in total. The Morgan fingerprint density at radius 1 is 1.50 bits per heavy atom. The van der Waals surface area contributed by atoms with Crippen molar-refractivity contribution >= 4 is 5.97 Å². The van der Waals surface area contributed by atoms with Gasteiger partial charge >= 0.3 is 5.97 Å². The molecule has 1 aliphatic rings. The molecule has 0 aromatic heterocycles. The van der Waals surface area contributed by atoms with Crippen molar-refractivity contribution in [1.82, 2.24) is 0 Å². The van der Waals surface area contributed by atoms with Gasteiger partial charge in [0.15, 0.2) is 0 Å². The molecule has 1 unspecified atom stereocenters. The van der Waals surface area contributed by atoms with Crippen LogP contribution in [0.15, 0.2) is 6.07 Å². The number of nitrogens with two attached hydrogens (primary N) is 1. The lowest BCUT2D eigenvalue weighted by molar-refractivity contribution is -0.137. The molecule has 6 heteroatoms. The van der Waals surface area contributed by atoms with E-state index in [-0.39, 0.29) is 30.8 Å². The van der Waals surface area contributed by atoms with Crippen LogP contribution >= 0.6 is 0 Å². The molecular formula is C12H13F2NO3. The zero-order chi connectivity index (χ0) is 13.3. The Balaban J connectivity index is 2.33. The van der Waals surface area contributed by atoms with E-state index in [9.17, 15) is 13.6 Å². The number of carbonyl (C=O) groups is 1. The monoisotopic (exact) mass is 257 g/mol. The number of hydrogen-bond acceptors (Lipinski definition) is 3. The molecule has 2 rings (SSSR count). The maximum absolute atomic E-state index is 13.7. The fourth-order valence-electron chi connectivity index (χ4n) is 2.08. The summed E-state index contributed by atoms with van der Waals surface area (Å²) in [6, 6.07) is -0.0303. The van der Waals surface area contributed by atoms with E-state index in [4.69, 9.17) is 15.6 Å². The number of fused-ring (bicyclic) bond motifs is 1. The molecule has 0 aliphatic carbocycles. The second-order valence-corrected chi connectivity index (χ2v) is 4.20. The van der Waals surface area contributed by atoms with E-state index in [1.165, 1.54) is 0 Å². The largest absolute Gasteiger partial charge is 0.492 e. The smallest absolute Gasteiger partial charge is 0.303 e. The fraction of sp³-hybridized carbons (Fsp3) is 0.417. The highest BCUT2D eigenvalue weighted by Gasteiger charge is 2.27. The molecule has 1 aromatic rings. The first-order chi connectivity index (χ1) is 8.50. The van der Waals surface area contributed by atoms with Gasteiger partial charge in [-0.3, -0.25) is 4.79 Å². The van der Waals surface area contributed by atoms with Crippen molar-refractivity contribution < 1.29 is 23.4 Å². The van der Waals surface area contributed by atoms with Gasteiger partial charge in [-0.2, -0.15) is 0 Å². The van der Waals surface area contributed by atoms with Crippen LogP contribution < -0.4 is 10.5 Å².